The first kappa shape index (κ1) is 24.7. The highest BCUT2D eigenvalue weighted by Gasteiger charge is 2.36. The zero-order chi connectivity index (χ0) is 20.5. The van der Waals surface area contributed by atoms with Gasteiger partial charge in [0.2, 0.25) is 0 Å². The van der Waals surface area contributed by atoms with Crippen LogP contribution < -0.4 is 0 Å². The first-order valence-electron chi connectivity index (χ1n) is 11.7. The van der Waals surface area contributed by atoms with Crippen molar-refractivity contribution < 1.29 is 19.1 Å². The second-order valence-corrected chi connectivity index (χ2v) is 7.96. The summed E-state index contributed by atoms with van der Waals surface area (Å²) in [5.74, 6) is -1.30. The van der Waals surface area contributed by atoms with E-state index in [0.717, 1.165) is 12.8 Å². The summed E-state index contributed by atoms with van der Waals surface area (Å²) in [6, 6.07) is 0. The van der Waals surface area contributed by atoms with Crippen molar-refractivity contribution in [3.63, 3.8) is 0 Å². The molecule has 0 spiro atoms. The Hall–Kier alpha value is -1.32. The van der Waals surface area contributed by atoms with Crippen molar-refractivity contribution in [3.05, 3.63) is 12.2 Å². The van der Waals surface area contributed by atoms with E-state index in [0.29, 0.717) is 26.1 Å². The van der Waals surface area contributed by atoms with Gasteiger partial charge < -0.3 is 9.47 Å². The Morgan fingerprint density at radius 3 is 1.57 bits per heavy atom. The van der Waals surface area contributed by atoms with E-state index in [-0.39, 0.29) is 23.8 Å². The molecular formula is C24H42O4. The fraction of sp³-hybridized carbons (Fsp3) is 0.833. The van der Waals surface area contributed by atoms with Gasteiger partial charge in [0.1, 0.15) is 0 Å². The van der Waals surface area contributed by atoms with E-state index in [1.165, 1.54) is 64.2 Å². The third-order valence-corrected chi connectivity index (χ3v) is 5.57. The van der Waals surface area contributed by atoms with E-state index in [1.807, 2.05) is 12.2 Å². The monoisotopic (exact) mass is 394 g/mol. The van der Waals surface area contributed by atoms with Crippen molar-refractivity contribution in [1.82, 2.24) is 0 Å². The molecule has 162 valence electrons. The second kappa shape index (κ2) is 16.6. The molecule has 0 aromatic rings. The average Bonchev–Trinajstić information content (AvgIpc) is 2.71. The maximum absolute atomic E-state index is 12.4. The van der Waals surface area contributed by atoms with Crippen LogP contribution in [-0.4, -0.2) is 25.2 Å². The highest BCUT2D eigenvalue weighted by Crippen LogP contribution is 2.28. The quantitative estimate of drug-likeness (QED) is 0.173. The molecule has 1 aliphatic rings. The number of carbonyl (C=O) groups is 2. The summed E-state index contributed by atoms with van der Waals surface area (Å²) in [7, 11) is 0. The number of allylic oxidation sites excluding steroid dienone is 2. The normalized spacial score (nSPS) is 18.8. The molecular weight excluding hydrogens is 352 g/mol. The maximum atomic E-state index is 12.4. The molecule has 4 heteroatoms. The minimum Gasteiger partial charge on any atom is -0.466 e. The summed E-state index contributed by atoms with van der Waals surface area (Å²) in [4.78, 5) is 24.4. The molecule has 2 unspecified atom stereocenters. The van der Waals surface area contributed by atoms with Gasteiger partial charge in [-0.05, 0) is 26.2 Å². The summed E-state index contributed by atoms with van der Waals surface area (Å²) in [5, 5.41) is 0. The first-order chi connectivity index (χ1) is 13.7. The molecule has 0 saturated heterocycles. The van der Waals surface area contributed by atoms with Gasteiger partial charge in [-0.15, -0.1) is 0 Å². The van der Waals surface area contributed by atoms with E-state index in [4.69, 9.17) is 9.47 Å². The van der Waals surface area contributed by atoms with Crippen LogP contribution in [0.3, 0.4) is 0 Å². The van der Waals surface area contributed by atoms with Crippen LogP contribution in [0.25, 0.3) is 0 Å². The molecule has 2 atom stereocenters. The Balaban J connectivity index is 2.02. The number of carbonyl (C=O) groups excluding carboxylic acids is 2. The van der Waals surface area contributed by atoms with Crippen LogP contribution in [0.4, 0.5) is 0 Å². The molecule has 4 nitrogen and oxygen atoms in total. The zero-order valence-corrected chi connectivity index (χ0v) is 18.3. The van der Waals surface area contributed by atoms with E-state index in [1.54, 1.807) is 6.92 Å². The van der Waals surface area contributed by atoms with Crippen LogP contribution in [-0.2, 0) is 19.1 Å². The molecule has 0 fully saturated rings. The number of esters is 2. The lowest BCUT2D eigenvalue weighted by Gasteiger charge is -2.25. The Morgan fingerprint density at radius 1 is 0.679 bits per heavy atom. The molecule has 28 heavy (non-hydrogen) atoms. The lowest BCUT2D eigenvalue weighted by molar-refractivity contribution is -0.160. The van der Waals surface area contributed by atoms with Gasteiger partial charge in [-0.1, -0.05) is 89.7 Å². The SMILES string of the molecule is CCCCCCCCCCCCCCOC(=O)C1CC=CCC1C(=O)OCC. The predicted octanol–water partition coefficient (Wildman–Crippen LogP) is 6.38. The third-order valence-electron chi connectivity index (χ3n) is 5.57. The molecule has 1 rings (SSSR count). The lowest BCUT2D eigenvalue weighted by Crippen LogP contribution is -2.33. The number of rotatable bonds is 16. The standard InChI is InChI=1S/C24H42O4/c1-3-5-6-7-8-9-10-11-12-13-14-17-20-28-24(26)22-19-16-15-18-21(22)23(25)27-4-2/h15-16,21-22H,3-14,17-20H2,1-2H3. The van der Waals surface area contributed by atoms with E-state index in [2.05, 4.69) is 6.92 Å². The van der Waals surface area contributed by atoms with Gasteiger partial charge >= 0.3 is 11.9 Å². The molecule has 0 amide bonds. The summed E-state index contributed by atoms with van der Waals surface area (Å²) < 4.78 is 10.6. The zero-order valence-electron chi connectivity index (χ0n) is 18.3. The first-order valence-corrected chi connectivity index (χ1v) is 11.7. The van der Waals surface area contributed by atoms with Gasteiger partial charge in [-0.2, -0.15) is 0 Å². The fourth-order valence-corrected chi connectivity index (χ4v) is 3.81. The van der Waals surface area contributed by atoms with E-state index in [9.17, 15) is 9.59 Å². The van der Waals surface area contributed by atoms with Gasteiger partial charge in [-0.25, -0.2) is 0 Å². The summed E-state index contributed by atoms with van der Waals surface area (Å²) in [6.45, 7) is 4.86. The number of hydrogen-bond donors (Lipinski definition) is 0. The molecule has 1 aliphatic carbocycles. The summed E-state index contributed by atoms with van der Waals surface area (Å²) in [6.07, 6.45) is 20.5. The second-order valence-electron chi connectivity index (χ2n) is 7.96. The Morgan fingerprint density at radius 2 is 1.11 bits per heavy atom. The van der Waals surface area contributed by atoms with Crippen LogP contribution in [0.1, 0.15) is 104 Å². The van der Waals surface area contributed by atoms with Crippen molar-refractivity contribution in [2.75, 3.05) is 13.2 Å². The number of unbranched alkanes of at least 4 members (excludes halogenated alkanes) is 11. The smallest absolute Gasteiger partial charge is 0.310 e. The van der Waals surface area contributed by atoms with Gasteiger partial charge in [0.15, 0.2) is 0 Å². The topological polar surface area (TPSA) is 52.6 Å². The van der Waals surface area contributed by atoms with Crippen molar-refractivity contribution in [1.29, 1.82) is 0 Å². The minimum atomic E-state index is -0.389. The van der Waals surface area contributed by atoms with Crippen molar-refractivity contribution in [3.8, 4) is 0 Å². The molecule has 0 aliphatic heterocycles. The predicted molar refractivity (Wildman–Crippen MR) is 114 cm³/mol. The molecule has 0 aromatic heterocycles. The largest absolute Gasteiger partial charge is 0.466 e. The Bertz CT molecular complexity index is 444. The molecule has 0 heterocycles. The Kier molecular flexibility index (Phi) is 14.7. The van der Waals surface area contributed by atoms with Gasteiger partial charge in [0.05, 0.1) is 25.0 Å². The lowest BCUT2D eigenvalue weighted by atomic mass is 9.83. The van der Waals surface area contributed by atoms with Gasteiger partial charge in [0.25, 0.3) is 0 Å². The number of hydrogen-bond acceptors (Lipinski definition) is 4. The highest BCUT2D eigenvalue weighted by atomic mass is 16.5. The third kappa shape index (κ3) is 10.9. The van der Waals surface area contributed by atoms with Crippen molar-refractivity contribution >= 4 is 11.9 Å². The van der Waals surface area contributed by atoms with Crippen molar-refractivity contribution in [2.24, 2.45) is 11.8 Å². The molecule has 0 saturated carbocycles. The van der Waals surface area contributed by atoms with Crippen LogP contribution in [0.2, 0.25) is 0 Å². The van der Waals surface area contributed by atoms with Gasteiger partial charge in [-0.3, -0.25) is 9.59 Å². The van der Waals surface area contributed by atoms with E-state index >= 15 is 0 Å². The Labute approximate surface area is 172 Å². The van der Waals surface area contributed by atoms with E-state index < -0.39 is 0 Å². The highest BCUT2D eigenvalue weighted by molar-refractivity contribution is 5.82. The van der Waals surface area contributed by atoms with Crippen LogP contribution in [0, 0.1) is 11.8 Å². The molecule has 0 aromatic carbocycles. The summed E-state index contributed by atoms with van der Waals surface area (Å²) >= 11 is 0. The summed E-state index contributed by atoms with van der Waals surface area (Å²) in [5.41, 5.74) is 0. The maximum Gasteiger partial charge on any atom is 0.310 e. The van der Waals surface area contributed by atoms with Crippen LogP contribution in [0.15, 0.2) is 12.2 Å². The van der Waals surface area contributed by atoms with Crippen LogP contribution in [0.5, 0.6) is 0 Å². The fourth-order valence-electron chi connectivity index (χ4n) is 3.81. The average molecular weight is 395 g/mol. The number of ether oxygens (including phenoxy) is 2. The molecule has 0 bridgehead atoms. The van der Waals surface area contributed by atoms with Crippen molar-refractivity contribution in [2.45, 2.75) is 104 Å². The van der Waals surface area contributed by atoms with Gasteiger partial charge in [0, 0.05) is 0 Å². The minimum absolute atomic E-state index is 0.245. The molecule has 0 N–H and O–H groups in total. The van der Waals surface area contributed by atoms with Crippen LogP contribution >= 0.6 is 0 Å². The molecule has 0 radical (unpaired) electrons.